The molecule has 1 aromatic carbocycles. The Labute approximate surface area is 108 Å². The molecular formula is C13H21N3O2. The zero-order valence-electron chi connectivity index (χ0n) is 11.2. The maximum atomic E-state index is 11.8. The number of likely N-dealkylation sites (N-methyl/N-ethyl adjacent to an activating group) is 1. The van der Waals surface area contributed by atoms with Crippen molar-refractivity contribution in [2.24, 2.45) is 0 Å². The lowest BCUT2D eigenvalue weighted by Gasteiger charge is -2.14. The van der Waals surface area contributed by atoms with Crippen molar-refractivity contribution in [2.45, 2.75) is 6.92 Å². The van der Waals surface area contributed by atoms with Crippen molar-refractivity contribution in [1.29, 1.82) is 0 Å². The fraction of sp³-hybridized carbons (Fsp3) is 0.462. The highest BCUT2D eigenvalue weighted by atomic mass is 16.5. The highest BCUT2D eigenvalue weighted by molar-refractivity contribution is 5.95. The molecule has 0 saturated heterocycles. The average molecular weight is 251 g/mol. The smallest absolute Gasteiger partial charge is 0.251 e. The van der Waals surface area contributed by atoms with Gasteiger partial charge in [0.15, 0.2) is 0 Å². The van der Waals surface area contributed by atoms with Crippen molar-refractivity contribution in [3.63, 3.8) is 0 Å². The van der Waals surface area contributed by atoms with Gasteiger partial charge in [0.25, 0.3) is 5.91 Å². The van der Waals surface area contributed by atoms with Crippen LogP contribution in [0.3, 0.4) is 0 Å². The first-order valence-electron chi connectivity index (χ1n) is 5.98. The third-order valence-corrected chi connectivity index (χ3v) is 2.81. The number of carbonyl (C=O) groups excluding carboxylic acids is 1. The summed E-state index contributed by atoms with van der Waals surface area (Å²) < 4.78 is 5.04. The van der Waals surface area contributed by atoms with Gasteiger partial charge in [-0.1, -0.05) is 6.92 Å². The van der Waals surface area contributed by atoms with E-state index in [4.69, 9.17) is 10.5 Å². The normalized spacial score (nSPS) is 10.4. The highest BCUT2D eigenvalue weighted by Crippen LogP contribution is 2.21. The summed E-state index contributed by atoms with van der Waals surface area (Å²) in [5.41, 5.74) is 6.77. The number of hydrogen-bond donors (Lipinski definition) is 2. The monoisotopic (exact) mass is 251 g/mol. The summed E-state index contributed by atoms with van der Waals surface area (Å²) in [4.78, 5) is 14.0. The van der Waals surface area contributed by atoms with Crippen molar-refractivity contribution in [2.75, 3.05) is 39.5 Å². The lowest BCUT2D eigenvalue weighted by Crippen LogP contribution is -2.32. The molecular weight excluding hydrogens is 230 g/mol. The first-order chi connectivity index (χ1) is 8.58. The van der Waals surface area contributed by atoms with E-state index in [-0.39, 0.29) is 5.91 Å². The minimum atomic E-state index is -0.117. The molecule has 0 aliphatic rings. The standard InChI is InChI=1S/C13H21N3O2/c1-4-16(2)8-7-15-13(17)10-5-6-12(18-3)11(14)9-10/h5-6,9H,4,7-8,14H2,1-3H3,(H,15,17). The van der Waals surface area contributed by atoms with Gasteiger partial charge in [0.1, 0.15) is 5.75 Å². The number of ether oxygens (including phenoxy) is 1. The van der Waals surface area contributed by atoms with Gasteiger partial charge in [0.2, 0.25) is 0 Å². The number of nitrogen functional groups attached to an aromatic ring is 1. The van der Waals surface area contributed by atoms with E-state index in [1.165, 1.54) is 0 Å². The maximum Gasteiger partial charge on any atom is 0.251 e. The van der Waals surface area contributed by atoms with E-state index in [9.17, 15) is 4.79 Å². The number of carbonyl (C=O) groups is 1. The fourth-order valence-electron chi connectivity index (χ4n) is 1.50. The summed E-state index contributed by atoms with van der Waals surface area (Å²) in [5, 5.41) is 2.85. The second-order valence-corrected chi connectivity index (χ2v) is 4.11. The lowest BCUT2D eigenvalue weighted by atomic mass is 10.2. The van der Waals surface area contributed by atoms with Gasteiger partial charge in [-0.2, -0.15) is 0 Å². The third-order valence-electron chi connectivity index (χ3n) is 2.81. The van der Waals surface area contributed by atoms with Crippen molar-refractivity contribution in [3.05, 3.63) is 23.8 Å². The summed E-state index contributed by atoms with van der Waals surface area (Å²) in [6, 6.07) is 5.02. The van der Waals surface area contributed by atoms with Crippen LogP contribution in [0.1, 0.15) is 17.3 Å². The zero-order chi connectivity index (χ0) is 13.5. The minimum Gasteiger partial charge on any atom is -0.495 e. The van der Waals surface area contributed by atoms with Gasteiger partial charge >= 0.3 is 0 Å². The molecule has 0 saturated carbocycles. The number of amides is 1. The van der Waals surface area contributed by atoms with E-state index in [0.717, 1.165) is 13.1 Å². The Morgan fingerprint density at radius 3 is 2.78 bits per heavy atom. The number of rotatable bonds is 6. The topological polar surface area (TPSA) is 67.6 Å². The van der Waals surface area contributed by atoms with Crippen LogP contribution in [-0.2, 0) is 0 Å². The molecule has 0 bridgehead atoms. The Balaban J connectivity index is 2.54. The molecule has 0 radical (unpaired) electrons. The van der Waals surface area contributed by atoms with Crippen LogP contribution in [0.15, 0.2) is 18.2 Å². The Bertz CT molecular complexity index is 407. The minimum absolute atomic E-state index is 0.117. The molecule has 0 aliphatic carbocycles. The largest absolute Gasteiger partial charge is 0.495 e. The summed E-state index contributed by atoms with van der Waals surface area (Å²) >= 11 is 0. The van der Waals surface area contributed by atoms with Gasteiger partial charge in [-0.3, -0.25) is 4.79 Å². The van der Waals surface area contributed by atoms with Gasteiger partial charge in [0.05, 0.1) is 12.8 Å². The Hall–Kier alpha value is -1.75. The van der Waals surface area contributed by atoms with Crippen LogP contribution in [0.5, 0.6) is 5.75 Å². The van der Waals surface area contributed by atoms with Crippen LogP contribution < -0.4 is 15.8 Å². The molecule has 0 aromatic heterocycles. The number of benzene rings is 1. The van der Waals surface area contributed by atoms with Crippen molar-refractivity contribution < 1.29 is 9.53 Å². The van der Waals surface area contributed by atoms with Crippen LogP contribution in [0.4, 0.5) is 5.69 Å². The number of nitrogens with zero attached hydrogens (tertiary/aromatic N) is 1. The van der Waals surface area contributed by atoms with Crippen molar-refractivity contribution in [1.82, 2.24) is 10.2 Å². The van der Waals surface area contributed by atoms with E-state index < -0.39 is 0 Å². The molecule has 0 atom stereocenters. The molecule has 5 heteroatoms. The quantitative estimate of drug-likeness (QED) is 0.739. The van der Waals surface area contributed by atoms with Crippen LogP contribution in [-0.4, -0.2) is 44.6 Å². The molecule has 18 heavy (non-hydrogen) atoms. The molecule has 0 spiro atoms. The summed E-state index contributed by atoms with van der Waals surface area (Å²) in [7, 11) is 3.56. The molecule has 1 aromatic rings. The Morgan fingerprint density at radius 1 is 1.50 bits per heavy atom. The summed E-state index contributed by atoms with van der Waals surface area (Å²) in [6.07, 6.45) is 0. The second kappa shape index (κ2) is 6.86. The molecule has 3 N–H and O–H groups in total. The van der Waals surface area contributed by atoms with Crippen LogP contribution in [0, 0.1) is 0 Å². The van der Waals surface area contributed by atoms with Crippen LogP contribution >= 0.6 is 0 Å². The van der Waals surface area contributed by atoms with Gasteiger partial charge < -0.3 is 20.7 Å². The van der Waals surface area contributed by atoms with Gasteiger partial charge in [-0.25, -0.2) is 0 Å². The van der Waals surface area contributed by atoms with Crippen molar-refractivity contribution >= 4 is 11.6 Å². The molecule has 1 rings (SSSR count). The van der Waals surface area contributed by atoms with Crippen LogP contribution in [0.2, 0.25) is 0 Å². The van der Waals surface area contributed by atoms with E-state index in [1.54, 1.807) is 25.3 Å². The molecule has 0 fully saturated rings. The van der Waals surface area contributed by atoms with E-state index >= 15 is 0 Å². The first-order valence-corrected chi connectivity index (χ1v) is 5.98. The fourth-order valence-corrected chi connectivity index (χ4v) is 1.50. The SMILES string of the molecule is CCN(C)CCNC(=O)c1ccc(OC)c(N)c1. The van der Waals surface area contributed by atoms with E-state index in [2.05, 4.69) is 17.1 Å². The highest BCUT2D eigenvalue weighted by Gasteiger charge is 2.08. The van der Waals surface area contributed by atoms with E-state index in [1.807, 2.05) is 7.05 Å². The molecule has 0 aliphatic heterocycles. The lowest BCUT2D eigenvalue weighted by molar-refractivity contribution is 0.0950. The summed E-state index contributed by atoms with van der Waals surface area (Å²) in [5.74, 6) is 0.464. The molecule has 0 unspecified atom stereocenters. The third kappa shape index (κ3) is 3.92. The number of hydrogen-bond acceptors (Lipinski definition) is 4. The van der Waals surface area contributed by atoms with E-state index in [0.29, 0.717) is 23.5 Å². The average Bonchev–Trinajstić information content (AvgIpc) is 2.38. The molecule has 1 amide bonds. The van der Waals surface area contributed by atoms with Gasteiger partial charge in [-0.05, 0) is 31.8 Å². The predicted octanol–water partition coefficient (Wildman–Crippen LogP) is 0.959. The maximum absolute atomic E-state index is 11.8. The van der Waals surface area contributed by atoms with Gasteiger partial charge in [-0.15, -0.1) is 0 Å². The number of methoxy groups -OCH3 is 1. The first kappa shape index (κ1) is 14.3. The number of anilines is 1. The number of nitrogens with two attached hydrogens (primary N) is 1. The predicted molar refractivity (Wildman–Crippen MR) is 72.9 cm³/mol. The summed E-state index contributed by atoms with van der Waals surface area (Å²) in [6.45, 7) is 4.49. The van der Waals surface area contributed by atoms with Gasteiger partial charge in [0, 0.05) is 18.7 Å². The Morgan fingerprint density at radius 2 is 2.22 bits per heavy atom. The molecule has 100 valence electrons. The second-order valence-electron chi connectivity index (χ2n) is 4.11. The zero-order valence-corrected chi connectivity index (χ0v) is 11.2. The number of nitrogens with one attached hydrogen (secondary N) is 1. The molecule has 5 nitrogen and oxygen atoms in total. The van der Waals surface area contributed by atoms with Crippen molar-refractivity contribution in [3.8, 4) is 5.75 Å². The Kier molecular flexibility index (Phi) is 5.45. The van der Waals surface area contributed by atoms with Crippen LogP contribution in [0.25, 0.3) is 0 Å². The molecule has 0 heterocycles.